The number of carbonyl (C=O) groups excluding carboxylic acids is 4. The van der Waals surface area contributed by atoms with Crippen LogP contribution in [0.2, 0.25) is 0 Å². The fourth-order valence-electron chi connectivity index (χ4n) is 9.47. The normalized spacial score (nSPS) is 25.8. The molecule has 4 amide bonds. The average molecular weight is 791 g/mol. The summed E-state index contributed by atoms with van der Waals surface area (Å²) < 4.78 is 4.91. The zero-order valence-electron chi connectivity index (χ0n) is 32.9. The van der Waals surface area contributed by atoms with Gasteiger partial charge >= 0.3 is 0 Å². The van der Waals surface area contributed by atoms with Gasteiger partial charge in [-0.2, -0.15) is 0 Å². The summed E-state index contributed by atoms with van der Waals surface area (Å²) in [5.74, 6) is 0.00554. The van der Waals surface area contributed by atoms with E-state index in [0.29, 0.717) is 24.2 Å². The molecular formula is C45H54N6O7. The van der Waals surface area contributed by atoms with Crippen molar-refractivity contribution in [2.45, 2.75) is 87.6 Å². The molecule has 4 heterocycles. The third-order valence-corrected chi connectivity index (χ3v) is 12.0. The lowest BCUT2D eigenvalue weighted by molar-refractivity contribution is -0.141. The number of nitrogens with one attached hydrogen (secondary N) is 4. The number of fused-ring (bicyclic) bond motifs is 2. The van der Waals surface area contributed by atoms with Gasteiger partial charge in [0.2, 0.25) is 11.8 Å². The third kappa shape index (κ3) is 8.46. The predicted octanol–water partition coefficient (Wildman–Crippen LogP) is 3.39. The summed E-state index contributed by atoms with van der Waals surface area (Å²) in [4.78, 5) is 54.2. The largest absolute Gasteiger partial charge is 0.497 e. The molecule has 4 aliphatic heterocycles. The van der Waals surface area contributed by atoms with Gasteiger partial charge in [-0.25, -0.2) is 0 Å². The second kappa shape index (κ2) is 18.7. The Morgan fingerprint density at radius 2 is 0.983 bits per heavy atom. The monoisotopic (exact) mass is 790 g/mol. The van der Waals surface area contributed by atoms with E-state index in [9.17, 15) is 29.4 Å². The lowest BCUT2D eigenvalue weighted by atomic mass is 9.87. The quantitative estimate of drug-likeness (QED) is 0.227. The summed E-state index contributed by atoms with van der Waals surface area (Å²) in [5.41, 5.74) is 4.82. The first-order chi connectivity index (χ1) is 28.3. The van der Waals surface area contributed by atoms with E-state index in [1.807, 2.05) is 91.0 Å². The molecule has 0 bridgehead atoms. The van der Waals surface area contributed by atoms with E-state index in [-0.39, 0.29) is 47.8 Å². The third-order valence-electron chi connectivity index (χ3n) is 12.0. The standard InChI is InChI=1S/2C19H23N3O3.C7H8O/c2*23-11-16(24)22-15-9-5-4-8-13(15)21-14-10-20-19(25)17(14)18(22)12-6-2-1-3-7-12;1-8-7-5-3-2-4-6-7/h2*1-3,6-7,13,15,18,21,23H,4-5,8-11H2,(H,20,25);2-6H,1H3/t2*13-,15-,18-;/m11./s1. The molecule has 13 heteroatoms. The SMILES string of the molecule is COc1ccccc1.O=C1NCC2=C1[C@@H](c1ccccc1)N(C(=O)CO)[C@@H]1CCCC[C@H]1N2.O=C1NCC2=C1[C@@H](c1ccccc1)N(C(=O)CO)[C@@H]1CCCC[C@H]1N2. The highest BCUT2D eigenvalue weighted by Crippen LogP contribution is 2.42. The maximum absolute atomic E-state index is 12.7. The molecule has 6 aliphatic rings. The number of hydrogen-bond acceptors (Lipinski definition) is 9. The van der Waals surface area contributed by atoms with Gasteiger partial charge in [0.15, 0.2) is 0 Å². The van der Waals surface area contributed by atoms with Gasteiger partial charge < -0.3 is 46.0 Å². The van der Waals surface area contributed by atoms with E-state index >= 15 is 0 Å². The highest BCUT2D eigenvalue weighted by Gasteiger charge is 2.47. The first kappa shape index (κ1) is 40.5. The summed E-state index contributed by atoms with van der Waals surface area (Å²) in [6.45, 7) is -0.142. The van der Waals surface area contributed by atoms with Crippen LogP contribution in [0.4, 0.5) is 0 Å². The Kier molecular flexibility index (Phi) is 13.1. The van der Waals surface area contributed by atoms with Crippen LogP contribution in [0.3, 0.4) is 0 Å². The van der Waals surface area contributed by atoms with Crippen LogP contribution in [-0.4, -0.2) is 101 Å². The molecule has 13 nitrogen and oxygen atoms in total. The van der Waals surface area contributed by atoms with E-state index in [1.165, 1.54) is 0 Å². The number of para-hydroxylation sites is 1. The molecule has 0 saturated heterocycles. The van der Waals surface area contributed by atoms with Gasteiger partial charge in [0, 0.05) is 23.5 Å². The van der Waals surface area contributed by atoms with Crippen molar-refractivity contribution in [3.63, 3.8) is 0 Å². The van der Waals surface area contributed by atoms with Gasteiger partial charge in [-0.15, -0.1) is 0 Å². The highest BCUT2D eigenvalue weighted by atomic mass is 16.5. The van der Waals surface area contributed by atoms with E-state index in [1.54, 1.807) is 16.9 Å². The number of rotatable bonds is 5. The summed E-state index contributed by atoms with van der Waals surface area (Å²) in [5, 5.41) is 32.1. The van der Waals surface area contributed by atoms with Crippen molar-refractivity contribution in [2.24, 2.45) is 0 Å². The van der Waals surface area contributed by atoms with Crippen LogP contribution >= 0.6 is 0 Å². The molecule has 0 unspecified atom stereocenters. The first-order valence-electron chi connectivity index (χ1n) is 20.4. The maximum Gasteiger partial charge on any atom is 0.251 e. The van der Waals surface area contributed by atoms with Crippen molar-refractivity contribution in [1.82, 2.24) is 31.1 Å². The van der Waals surface area contributed by atoms with Gasteiger partial charge in [-0.05, 0) is 48.9 Å². The number of methoxy groups -OCH3 is 1. The van der Waals surface area contributed by atoms with Gasteiger partial charge in [0.25, 0.3) is 11.8 Å². The second-order valence-electron chi connectivity index (χ2n) is 15.4. The van der Waals surface area contributed by atoms with E-state index in [0.717, 1.165) is 79.6 Å². The molecule has 2 aliphatic carbocycles. The molecule has 58 heavy (non-hydrogen) atoms. The number of hydrogen-bond donors (Lipinski definition) is 6. The van der Waals surface area contributed by atoms with Crippen LogP contribution in [0.1, 0.15) is 74.6 Å². The van der Waals surface area contributed by atoms with Crippen LogP contribution in [0.5, 0.6) is 5.75 Å². The lowest BCUT2D eigenvalue weighted by Gasteiger charge is -2.42. The fraction of sp³-hybridized carbons (Fsp3) is 0.422. The molecule has 3 aromatic carbocycles. The number of benzene rings is 3. The van der Waals surface area contributed by atoms with E-state index < -0.39 is 25.3 Å². The molecule has 6 atom stereocenters. The smallest absolute Gasteiger partial charge is 0.251 e. The molecule has 0 spiro atoms. The maximum atomic E-state index is 12.7. The van der Waals surface area contributed by atoms with Gasteiger partial charge in [-0.3, -0.25) is 19.2 Å². The van der Waals surface area contributed by atoms with Crippen LogP contribution in [0.15, 0.2) is 114 Å². The molecule has 2 fully saturated rings. The summed E-state index contributed by atoms with van der Waals surface area (Å²) in [6, 6.07) is 28.3. The lowest BCUT2D eigenvalue weighted by Crippen LogP contribution is -2.54. The highest BCUT2D eigenvalue weighted by molar-refractivity contribution is 6.00. The van der Waals surface area contributed by atoms with Crippen LogP contribution in [-0.2, 0) is 19.2 Å². The number of aliphatic hydroxyl groups excluding tert-OH is 2. The summed E-state index contributed by atoms with van der Waals surface area (Å²) in [7, 11) is 1.66. The minimum absolute atomic E-state index is 0.0167. The minimum Gasteiger partial charge on any atom is -0.497 e. The molecule has 0 radical (unpaired) electrons. The van der Waals surface area contributed by atoms with Crippen molar-refractivity contribution in [3.8, 4) is 5.75 Å². The Labute approximate surface area is 339 Å². The van der Waals surface area contributed by atoms with Crippen LogP contribution in [0, 0.1) is 0 Å². The zero-order chi connectivity index (χ0) is 40.6. The Balaban J connectivity index is 0.000000149. The molecular weight excluding hydrogens is 737 g/mol. The molecule has 9 rings (SSSR count). The van der Waals surface area contributed by atoms with Crippen molar-refractivity contribution in [2.75, 3.05) is 33.4 Å². The van der Waals surface area contributed by atoms with Crippen LogP contribution in [0.25, 0.3) is 0 Å². The van der Waals surface area contributed by atoms with Gasteiger partial charge in [0.05, 0.1) is 55.5 Å². The second-order valence-corrected chi connectivity index (χ2v) is 15.4. The summed E-state index contributed by atoms with van der Waals surface area (Å²) >= 11 is 0. The molecule has 6 N–H and O–H groups in total. The molecule has 0 aromatic heterocycles. The Morgan fingerprint density at radius 3 is 1.34 bits per heavy atom. The summed E-state index contributed by atoms with van der Waals surface area (Å²) in [6.07, 6.45) is 8.01. The Morgan fingerprint density at radius 1 is 0.603 bits per heavy atom. The van der Waals surface area contributed by atoms with E-state index in [2.05, 4.69) is 21.3 Å². The van der Waals surface area contributed by atoms with Crippen LogP contribution < -0.4 is 26.0 Å². The number of amides is 4. The zero-order valence-corrected chi connectivity index (χ0v) is 32.9. The first-order valence-corrected chi connectivity index (χ1v) is 20.4. The molecule has 306 valence electrons. The van der Waals surface area contributed by atoms with Gasteiger partial charge in [-0.1, -0.05) is 105 Å². The Hall–Kier alpha value is -5.66. The fourth-order valence-corrected chi connectivity index (χ4v) is 9.47. The number of carbonyl (C=O) groups is 4. The van der Waals surface area contributed by atoms with Crippen molar-refractivity contribution in [3.05, 3.63) is 125 Å². The van der Waals surface area contributed by atoms with Crippen molar-refractivity contribution in [1.29, 1.82) is 0 Å². The molecule has 3 aromatic rings. The van der Waals surface area contributed by atoms with Crippen molar-refractivity contribution < 1.29 is 34.1 Å². The predicted molar refractivity (Wildman–Crippen MR) is 218 cm³/mol. The number of ether oxygens (including phenoxy) is 1. The average Bonchev–Trinajstić information content (AvgIpc) is 3.71. The molecule has 2 saturated carbocycles. The number of aliphatic hydroxyl groups is 2. The van der Waals surface area contributed by atoms with E-state index in [4.69, 9.17) is 4.74 Å². The minimum atomic E-state index is -0.545. The Bertz CT molecular complexity index is 1870. The number of nitrogens with zero attached hydrogens (tertiary/aromatic N) is 2. The van der Waals surface area contributed by atoms with Crippen molar-refractivity contribution >= 4 is 23.6 Å². The topological polar surface area (TPSA) is 173 Å². The van der Waals surface area contributed by atoms with Gasteiger partial charge in [0.1, 0.15) is 19.0 Å².